The third kappa shape index (κ3) is 7.63. The number of rotatable bonds is 9. The lowest BCUT2D eigenvalue weighted by Crippen LogP contribution is -2.55. The molecule has 9 heteroatoms. The van der Waals surface area contributed by atoms with Crippen LogP contribution in [0.25, 0.3) is 11.3 Å². The Labute approximate surface area is 255 Å². The highest BCUT2D eigenvalue weighted by Crippen LogP contribution is 2.40. The van der Waals surface area contributed by atoms with Crippen molar-refractivity contribution in [2.45, 2.75) is 58.4 Å². The molecule has 2 aliphatic rings. The van der Waals surface area contributed by atoms with Crippen LogP contribution in [0.3, 0.4) is 0 Å². The third-order valence-corrected chi connectivity index (χ3v) is 8.64. The molecule has 0 radical (unpaired) electrons. The van der Waals surface area contributed by atoms with Crippen molar-refractivity contribution < 1.29 is 13.9 Å². The van der Waals surface area contributed by atoms with Crippen LogP contribution < -0.4 is 5.73 Å². The van der Waals surface area contributed by atoms with E-state index in [2.05, 4.69) is 48.6 Å². The van der Waals surface area contributed by atoms with E-state index in [1.165, 1.54) is 0 Å². The fourth-order valence-corrected chi connectivity index (χ4v) is 6.43. The maximum atomic E-state index is 15.2. The maximum Gasteiger partial charge on any atom is 0.320 e. The van der Waals surface area contributed by atoms with E-state index in [0.717, 1.165) is 61.8 Å². The number of imidazole rings is 1. The zero-order valence-electron chi connectivity index (χ0n) is 25.9. The summed E-state index contributed by atoms with van der Waals surface area (Å²) in [5, 5.41) is 0. The Balaban J connectivity index is 1.49. The van der Waals surface area contributed by atoms with Gasteiger partial charge in [-0.2, -0.15) is 0 Å². The first-order valence-corrected chi connectivity index (χ1v) is 15.6. The third-order valence-electron chi connectivity index (χ3n) is 8.64. The van der Waals surface area contributed by atoms with E-state index in [1.807, 2.05) is 53.4 Å². The van der Waals surface area contributed by atoms with Gasteiger partial charge < -0.3 is 24.8 Å². The topological polar surface area (TPSA) is 79.9 Å². The van der Waals surface area contributed by atoms with Crippen LogP contribution in [0.5, 0.6) is 0 Å². The average Bonchev–Trinajstić information content (AvgIpc) is 3.43. The number of likely N-dealkylation sites (tertiary alicyclic amines) is 1. The van der Waals surface area contributed by atoms with Crippen LogP contribution in [0.2, 0.25) is 0 Å². The van der Waals surface area contributed by atoms with Crippen molar-refractivity contribution in [2.24, 2.45) is 11.1 Å². The molecular formula is C34H47FN6O2. The SMILES string of the molecule is CC(C)(C)[C@H](c1nc(-c2ccccc2)cn1Cc1ccccc1)N(C[C@@H](F)CN)C(=O)N1CCC(N2CCOCC2)CC1. The molecule has 2 aromatic carbocycles. The van der Waals surface area contributed by atoms with Crippen LogP contribution in [0.15, 0.2) is 66.9 Å². The lowest BCUT2D eigenvalue weighted by molar-refractivity contribution is 0.000209. The normalized spacial score (nSPS) is 18.4. The van der Waals surface area contributed by atoms with E-state index >= 15 is 4.39 Å². The first kappa shape index (κ1) is 31.2. The first-order chi connectivity index (χ1) is 20.7. The fraction of sp³-hybridized carbons (Fsp3) is 0.529. The van der Waals surface area contributed by atoms with Gasteiger partial charge in [0, 0.05) is 57.1 Å². The molecule has 2 amide bonds. The van der Waals surface area contributed by atoms with Gasteiger partial charge in [-0.3, -0.25) is 4.90 Å². The Morgan fingerprint density at radius 3 is 2.26 bits per heavy atom. The molecule has 3 aromatic rings. The number of ether oxygens (including phenoxy) is 1. The van der Waals surface area contributed by atoms with Crippen LogP contribution in [0.4, 0.5) is 9.18 Å². The highest BCUT2D eigenvalue weighted by atomic mass is 19.1. The van der Waals surface area contributed by atoms with Crippen LogP contribution in [0.1, 0.15) is 51.0 Å². The Morgan fingerprint density at radius 1 is 1.02 bits per heavy atom. The van der Waals surface area contributed by atoms with Crippen LogP contribution >= 0.6 is 0 Å². The quantitative estimate of drug-likeness (QED) is 0.371. The average molecular weight is 591 g/mol. The van der Waals surface area contributed by atoms with E-state index in [-0.39, 0.29) is 19.1 Å². The van der Waals surface area contributed by atoms with Gasteiger partial charge in [0.1, 0.15) is 12.0 Å². The number of nitrogens with two attached hydrogens (primary N) is 1. The van der Waals surface area contributed by atoms with Gasteiger partial charge in [0.25, 0.3) is 0 Å². The number of benzene rings is 2. The van der Waals surface area contributed by atoms with Crippen LogP contribution in [-0.4, -0.2) is 95.0 Å². The number of amides is 2. The molecule has 2 aliphatic heterocycles. The Hall–Kier alpha value is -3.27. The van der Waals surface area contributed by atoms with Gasteiger partial charge in [0.05, 0.1) is 31.5 Å². The number of nitrogens with zero attached hydrogens (tertiary/aromatic N) is 5. The number of carbonyl (C=O) groups excluding carboxylic acids is 1. The van der Waals surface area contributed by atoms with Gasteiger partial charge in [0.15, 0.2) is 0 Å². The Morgan fingerprint density at radius 2 is 1.65 bits per heavy atom. The Bertz CT molecular complexity index is 1300. The molecule has 0 spiro atoms. The van der Waals surface area contributed by atoms with Crippen molar-refractivity contribution in [1.29, 1.82) is 0 Å². The van der Waals surface area contributed by atoms with Crippen molar-refractivity contribution in [1.82, 2.24) is 24.3 Å². The second kappa shape index (κ2) is 14.0. The molecule has 43 heavy (non-hydrogen) atoms. The number of morpholine rings is 1. The fourth-order valence-electron chi connectivity index (χ4n) is 6.43. The standard InChI is InChI=1S/C34H47FN6O2/c1-34(2,3)31(32-37-30(27-12-8-5-9-13-27)25-40(32)23-26-10-6-4-7-11-26)41(24-28(35)22-36)33(42)39-16-14-29(15-17-39)38-18-20-43-21-19-38/h4-13,25,28-29,31H,14-24,36H2,1-3H3/t28-,31-/m0/s1. The summed E-state index contributed by atoms with van der Waals surface area (Å²) in [6.45, 7) is 11.3. The second-order valence-electron chi connectivity index (χ2n) is 12.9. The predicted octanol–water partition coefficient (Wildman–Crippen LogP) is 5.20. The number of halogens is 1. The van der Waals surface area contributed by atoms with Crippen molar-refractivity contribution in [3.63, 3.8) is 0 Å². The van der Waals surface area contributed by atoms with Gasteiger partial charge in [-0.15, -0.1) is 0 Å². The summed E-state index contributed by atoms with van der Waals surface area (Å²) < 4.78 is 22.9. The molecule has 0 unspecified atom stereocenters. The molecule has 3 heterocycles. The predicted molar refractivity (Wildman–Crippen MR) is 168 cm³/mol. The number of carbonyl (C=O) groups is 1. The van der Waals surface area contributed by atoms with E-state index < -0.39 is 17.6 Å². The number of alkyl halides is 1. The summed E-state index contributed by atoms with van der Waals surface area (Å²) in [7, 11) is 0. The lowest BCUT2D eigenvalue weighted by atomic mass is 9.84. The first-order valence-electron chi connectivity index (χ1n) is 15.6. The molecule has 1 aromatic heterocycles. The van der Waals surface area contributed by atoms with E-state index in [9.17, 15) is 4.79 Å². The van der Waals surface area contributed by atoms with Gasteiger partial charge in [-0.1, -0.05) is 81.4 Å². The van der Waals surface area contributed by atoms with Crippen LogP contribution in [0, 0.1) is 5.41 Å². The largest absolute Gasteiger partial charge is 0.379 e. The van der Waals surface area contributed by atoms with Crippen molar-refractivity contribution in [2.75, 3.05) is 52.5 Å². The minimum absolute atomic E-state index is 0.0838. The molecule has 2 saturated heterocycles. The smallest absolute Gasteiger partial charge is 0.320 e. The molecule has 8 nitrogen and oxygen atoms in total. The summed E-state index contributed by atoms with van der Waals surface area (Å²) in [6.07, 6.45) is 2.52. The highest BCUT2D eigenvalue weighted by molar-refractivity contribution is 5.75. The van der Waals surface area contributed by atoms with Crippen LogP contribution in [-0.2, 0) is 11.3 Å². The van der Waals surface area contributed by atoms with Gasteiger partial charge in [-0.25, -0.2) is 14.2 Å². The summed E-state index contributed by atoms with van der Waals surface area (Å²) >= 11 is 0. The summed E-state index contributed by atoms with van der Waals surface area (Å²) in [6, 6.07) is 20.1. The van der Waals surface area contributed by atoms with Gasteiger partial charge in [0.2, 0.25) is 0 Å². The maximum absolute atomic E-state index is 15.2. The molecule has 5 rings (SSSR count). The number of hydrogen-bond donors (Lipinski definition) is 1. The molecule has 0 bridgehead atoms. The Kier molecular flexibility index (Phi) is 10.2. The highest BCUT2D eigenvalue weighted by Gasteiger charge is 2.41. The molecule has 232 valence electrons. The zero-order chi connectivity index (χ0) is 30.4. The monoisotopic (exact) mass is 590 g/mol. The minimum Gasteiger partial charge on any atom is -0.379 e. The molecular weight excluding hydrogens is 543 g/mol. The molecule has 2 fully saturated rings. The van der Waals surface area contributed by atoms with Crippen molar-refractivity contribution in [3.05, 3.63) is 78.2 Å². The number of piperidine rings is 1. The number of hydrogen-bond acceptors (Lipinski definition) is 5. The van der Waals surface area contributed by atoms with E-state index in [1.54, 1.807) is 4.90 Å². The molecule has 0 aliphatic carbocycles. The molecule has 2 N–H and O–H groups in total. The van der Waals surface area contributed by atoms with Crippen molar-refractivity contribution in [3.8, 4) is 11.3 Å². The van der Waals surface area contributed by atoms with Gasteiger partial charge in [-0.05, 0) is 23.8 Å². The summed E-state index contributed by atoms with van der Waals surface area (Å²) in [5.74, 6) is 0.746. The second-order valence-corrected chi connectivity index (χ2v) is 12.9. The van der Waals surface area contributed by atoms with E-state index in [4.69, 9.17) is 15.5 Å². The summed E-state index contributed by atoms with van der Waals surface area (Å²) in [4.78, 5) is 25.7. The van der Waals surface area contributed by atoms with Gasteiger partial charge >= 0.3 is 6.03 Å². The number of aromatic nitrogens is 2. The number of urea groups is 1. The van der Waals surface area contributed by atoms with E-state index in [0.29, 0.717) is 25.7 Å². The summed E-state index contributed by atoms with van der Waals surface area (Å²) in [5.41, 5.74) is 8.31. The zero-order valence-corrected chi connectivity index (χ0v) is 25.9. The molecule has 0 saturated carbocycles. The lowest BCUT2D eigenvalue weighted by Gasteiger charge is -2.45. The van der Waals surface area contributed by atoms with Crippen molar-refractivity contribution >= 4 is 6.03 Å². The minimum atomic E-state index is -1.34. The molecule has 2 atom stereocenters.